The zero-order valence-corrected chi connectivity index (χ0v) is 15.1. The van der Waals surface area contributed by atoms with E-state index in [-0.39, 0.29) is 11.5 Å². The number of ether oxygens (including phenoxy) is 1. The molecule has 0 aliphatic carbocycles. The van der Waals surface area contributed by atoms with Crippen LogP contribution in [0.2, 0.25) is 0 Å². The standard InChI is InChI=1S/C17H18N2O3S2/c1-11-10-23-15(12(11)2)18-16(20)22-9-5-8-19-13-6-3-4-7-14(13)24-17(19)21/h3-4,6-7,10H,5,8-9H2,1-2H3,(H,18,20). The summed E-state index contributed by atoms with van der Waals surface area (Å²) in [5.41, 5.74) is 3.15. The Bertz CT molecular complexity index is 923. The summed E-state index contributed by atoms with van der Waals surface area (Å²) in [6, 6.07) is 7.71. The molecule has 0 saturated carbocycles. The van der Waals surface area contributed by atoms with Gasteiger partial charge in [0, 0.05) is 6.54 Å². The van der Waals surface area contributed by atoms with Crippen molar-refractivity contribution in [2.75, 3.05) is 11.9 Å². The van der Waals surface area contributed by atoms with Crippen molar-refractivity contribution in [2.24, 2.45) is 0 Å². The maximum Gasteiger partial charge on any atom is 0.412 e. The molecule has 3 aromatic rings. The van der Waals surface area contributed by atoms with Gasteiger partial charge in [-0.3, -0.25) is 14.7 Å². The number of benzene rings is 1. The van der Waals surface area contributed by atoms with Crippen LogP contribution in [-0.2, 0) is 11.3 Å². The van der Waals surface area contributed by atoms with E-state index in [9.17, 15) is 9.59 Å². The minimum atomic E-state index is -0.456. The fourth-order valence-corrected chi connectivity index (χ4v) is 4.24. The lowest BCUT2D eigenvalue weighted by molar-refractivity contribution is 0.158. The Kier molecular flexibility index (Phi) is 5.01. The number of amides is 1. The van der Waals surface area contributed by atoms with E-state index in [2.05, 4.69) is 5.32 Å². The van der Waals surface area contributed by atoms with Crippen molar-refractivity contribution >= 4 is 44.0 Å². The number of fused-ring (bicyclic) bond motifs is 1. The minimum absolute atomic E-state index is 0.0188. The predicted octanol–water partition coefficient (Wildman–Crippen LogP) is 4.38. The van der Waals surface area contributed by atoms with Crippen molar-refractivity contribution in [1.29, 1.82) is 0 Å². The molecule has 0 saturated heterocycles. The van der Waals surface area contributed by atoms with Gasteiger partial charge in [0.1, 0.15) is 5.00 Å². The Balaban J connectivity index is 1.51. The van der Waals surface area contributed by atoms with Crippen molar-refractivity contribution < 1.29 is 9.53 Å². The monoisotopic (exact) mass is 362 g/mol. The van der Waals surface area contributed by atoms with Crippen LogP contribution in [0.3, 0.4) is 0 Å². The van der Waals surface area contributed by atoms with Gasteiger partial charge in [0.2, 0.25) is 0 Å². The molecule has 2 heterocycles. The molecule has 1 aromatic carbocycles. The van der Waals surface area contributed by atoms with E-state index in [1.807, 2.05) is 43.5 Å². The van der Waals surface area contributed by atoms with Crippen LogP contribution >= 0.6 is 22.7 Å². The second kappa shape index (κ2) is 7.19. The summed E-state index contributed by atoms with van der Waals surface area (Å²) < 4.78 is 7.91. The number of carbonyl (C=O) groups is 1. The van der Waals surface area contributed by atoms with E-state index < -0.39 is 6.09 Å². The second-order valence-corrected chi connectivity index (χ2v) is 7.35. The Labute approximate surface area is 147 Å². The number of anilines is 1. The summed E-state index contributed by atoms with van der Waals surface area (Å²) in [6.07, 6.45) is 0.138. The average Bonchev–Trinajstić information content (AvgIpc) is 3.05. The van der Waals surface area contributed by atoms with Crippen LogP contribution in [0, 0.1) is 13.8 Å². The Morgan fingerprint density at radius 2 is 2.08 bits per heavy atom. The molecule has 0 unspecified atom stereocenters. The lowest BCUT2D eigenvalue weighted by Crippen LogP contribution is -2.17. The third-order valence-corrected chi connectivity index (χ3v) is 5.91. The van der Waals surface area contributed by atoms with Crippen molar-refractivity contribution in [3.05, 3.63) is 50.4 Å². The van der Waals surface area contributed by atoms with Gasteiger partial charge in [0.15, 0.2) is 0 Å². The first-order valence-electron chi connectivity index (χ1n) is 7.63. The van der Waals surface area contributed by atoms with E-state index >= 15 is 0 Å². The van der Waals surface area contributed by atoms with E-state index in [1.54, 1.807) is 4.57 Å². The Morgan fingerprint density at radius 3 is 2.83 bits per heavy atom. The molecule has 126 valence electrons. The zero-order valence-electron chi connectivity index (χ0n) is 13.5. The minimum Gasteiger partial charge on any atom is -0.449 e. The third-order valence-electron chi connectivity index (χ3n) is 3.83. The Morgan fingerprint density at radius 1 is 1.29 bits per heavy atom. The molecule has 0 fully saturated rings. The van der Waals surface area contributed by atoms with Crippen LogP contribution in [0.1, 0.15) is 17.5 Å². The van der Waals surface area contributed by atoms with Crippen LogP contribution < -0.4 is 10.2 Å². The van der Waals surface area contributed by atoms with Gasteiger partial charge < -0.3 is 4.74 Å². The van der Waals surface area contributed by atoms with Crippen LogP contribution in [0.4, 0.5) is 9.80 Å². The molecule has 3 rings (SSSR count). The third kappa shape index (κ3) is 3.52. The lowest BCUT2D eigenvalue weighted by Gasteiger charge is -2.07. The van der Waals surface area contributed by atoms with Gasteiger partial charge in [-0.25, -0.2) is 4.79 Å². The summed E-state index contributed by atoms with van der Waals surface area (Å²) in [6.45, 7) is 4.78. The number of hydrogen-bond acceptors (Lipinski definition) is 5. The largest absolute Gasteiger partial charge is 0.449 e. The molecule has 0 spiro atoms. The molecule has 1 N–H and O–H groups in total. The van der Waals surface area contributed by atoms with Gasteiger partial charge in [-0.1, -0.05) is 23.5 Å². The quantitative estimate of drug-likeness (QED) is 0.685. The van der Waals surface area contributed by atoms with Crippen molar-refractivity contribution in [2.45, 2.75) is 26.8 Å². The Hall–Kier alpha value is -2.12. The SMILES string of the molecule is Cc1csc(NC(=O)OCCCn2c(=O)sc3ccccc32)c1C. The lowest BCUT2D eigenvalue weighted by atomic mass is 10.2. The molecule has 5 nitrogen and oxygen atoms in total. The maximum absolute atomic E-state index is 12.0. The molecular formula is C17H18N2O3S2. The number of para-hydroxylation sites is 1. The van der Waals surface area contributed by atoms with Crippen LogP contribution in [0.5, 0.6) is 0 Å². The number of aromatic nitrogens is 1. The highest BCUT2D eigenvalue weighted by molar-refractivity contribution is 7.16. The molecule has 1 amide bonds. The molecule has 2 aromatic heterocycles. The second-order valence-electron chi connectivity index (χ2n) is 5.47. The number of hydrogen-bond donors (Lipinski definition) is 1. The van der Waals surface area contributed by atoms with Gasteiger partial charge in [-0.05, 0) is 48.9 Å². The smallest absolute Gasteiger partial charge is 0.412 e. The van der Waals surface area contributed by atoms with Crippen molar-refractivity contribution in [3.8, 4) is 0 Å². The summed E-state index contributed by atoms with van der Waals surface area (Å²) in [5.74, 6) is 0. The van der Waals surface area contributed by atoms with E-state index in [4.69, 9.17) is 4.74 Å². The van der Waals surface area contributed by atoms with Crippen LogP contribution in [0.25, 0.3) is 10.2 Å². The fraction of sp³-hybridized carbons (Fsp3) is 0.294. The number of rotatable bonds is 5. The van der Waals surface area contributed by atoms with Gasteiger partial charge in [-0.2, -0.15) is 0 Å². The van der Waals surface area contributed by atoms with Gasteiger partial charge >= 0.3 is 11.0 Å². The molecule has 0 aliphatic rings. The number of nitrogens with one attached hydrogen (secondary N) is 1. The predicted molar refractivity (Wildman–Crippen MR) is 99.5 cm³/mol. The number of thiophene rings is 1. The first-order valence-corrected chi connectivity index (χ1v) is 9.32. The summed E-state index contributed by atoms with van der Waals surface area (Å²) >= 11 is 2.73. The normalized spacial score (nSPS) is 10.9. The van der Waals surface area contributed by atoms with Gasteiger partial charge in [0.05, 0.1) is 16.8 Å². The number of carbonyl (C=O) groups excluding carboxylic acids is 1. The van der Waals surface area contributed by atoms with Crippen LogP contribution in [0.15, 0.2) is 34.4 Å². The number of aryl methyl sites for hydroxylation is 2. The maximum atomic E-state index is 12.0. The van der Waals surface area contributed by atoms with E-state index in [1.165, 1.54) is 22.7 Å². The first-order chi connectivity index (χ1) is 11.6. The highest BCUT2D eigenvalue weighted by Gasteiger charge is 2.10. The van der Waals surface area contributed by atoms with Gasteiger partial charge in [-0.15, -0.1) is 11.3 Å². The fourth-order valence-electron chi connectivity index (χ4n) is 2.37. The molecule has 7 heteroatoms. The van der Waals surface area contributed by atoms with E-state index in [0.29, 0.717) is 13.0 Å². The summed E-state index contributed by atoms with van der Waals surface area (Å²) in [5, 5.41) is 5.57. The van der Waals surface area contributed by atoms with Crippen LogP contribution in [-0.4, -0.2) is 17.3 Å². The molecular weight excluding hydrogens is 344 g/mol. The molecule has 24 heavy (non-hydrogen) atoms. The highest BCUT2D eigenvalue weighted by Crippen LogP contribution is 2.26. The van der Waals surface area contributed by atoms with Crippen molar-refractivity contribution in [3.63, 3.8) is 0 Å². The highest BCUT2D eigenvalue weighted by atomic mass is 32.1. The average molecular weight is 362 g/mol. The summed E-state index contributed by atoms with van der Waals surface area (Å²) in [7, 11) is 0. The topological polar surface area (TPSA) is 60.3 Å². The van der Waals surface area contributed by atoms with Gasteiger partial charge in [0.25, 0.3) is 0 Å². The first kappa shape index (κ1) is 16.7. The summed E-state index contributed by atoms with van der Waals surface area (Å²) in [4.78, 5) is 23.9. The molecule has 0 bridgehead atoms. The molecule has 0 atom stereocenters. The molecule has 0 aliphatic heterocycles. The molecule has 0 radical (unpaired) electrons. The van der Waals surface area contributed by atoms with E-state index in [0.717, 1.165) is 26.3 Å². The number of thiazole rings is 1. The zero-order chi connectivity index (χ0) is 17.1. The van der Waals surface area contributed by atoms with Crippen molar-refractivity contribution in [1.82, 2.24) is 4.57 Å². The number of nitrogens with zero attached hydrogens (tertiary/aromatic N) is 1.